The van der Waals surface area contributed by atoms with E-state index in [0.29, 0.717) is 46.4 Å². The molecule has 0 saturated heterocycles. The lowest BCUT2D eigenvalue weighted by atomic mass is 9.99. The Hall–Kier alpha value is -3.12. The van der Waals surface area contributed by atoms with Gasteiger partial charge in [0, 0.05) is 11.6 Å². The van der Waals surface area contributed by atoms with Crippen molar-refractivity contribution in [3.8, 4) is 11.5 Å². The fourth-order valence-corrected chi connectivity index (χ4v) is 3.45. The van der Waals surface area contributed by atoms with Gasteiger partial charge in [0.1, 0.15) is 13.2 Å². The van der Waals surface area contributed by atoms with E-state index in [9.17, 15) is 9.59 Å². The normalized spacial score (nSPS) is 12.5. The van der Waals surface area contributed by atoms with Gasteiger partial charge in [0.15, 0.2) is 17.3 Å². The van der Waals surface area contributed by atoms with Gasteiger partial charge in [-0.15, -0.1) is 11.3 Å². The number of nitrogens with one attached hydrogen (secondary N) is 1. The van der Waals surface area contributed by atoms with Crippen molar-refractivity contribution >= 4 is 28.7 Å². The minimum atomic E-state index is -0.264. The SMILES string of the molecule is Cc1ccc(C(=O)c2cc3c(cc2NC(=O)c2cccs2)OCCO3)cc1. The average molecular weight is 379 g/mol. The summed E-state index contributed by atoms with van der Waals surface area (Å²) in [5.74, 6) is 0.571. The zero-order valence-electron chi connectivity index (χ0n) is 14.7. The first-order valence-corrected chi connectivity index (χ1v) is 9.39. The molecule has 0 radical (unpaired) electrons. The maximum Gasteiger partial charge on any atom is 0.265 e. The Labute approximate surface area is 160 Å². The lowest BCUT2D eigenvalue weighted by Gasteiger charge is -2.21. The Kier molecular flexibility index (Phi) is 4.64. The van der Waals surface area contributed by atoms with E-state index in [-0.39, 0.29) is 11.7 Å². The van der Waals surface area contributed by atoms with E-state index < -0.39 is 0 Å². The molecule has 4 rings (SSSR count). The van der Waals surface area contributed by atoms with E-state index in [0.717, 1.165) is 5.56 Å². The number of carbonyl (C=O) groups is 2. The molecule has 0 saturated carbocycles. The number of aryl methyl sites for hydroxylation is 1. The van der Waals surface area contributed by atoms with Crippen LogP contribution < -0.4 is 14.8 Å². The first-order chi connectivity index (χ1) is 13.1. The molecule has 136 valence electrons. The molecule has 1 aliphatic rings. The summed E-state index contributed by atoms with van der Waals surface area (Å²) in [5.41, 5.74) is 2.39. The number of hydrogen-bond acceptors (Lipinski definition) is 5. The van der Waals surface area contributed by atoms with Crippen molar-refractivity contribution < 1.29 is 19.1 Å². The second-order valence-corrected chi connectivity index (χ2v) is 7.12. The number of hydrogen-bond donors (Lipinski definition) is 1. The van der Waals surface area contributed by atoms with Crippen molar-refractivity contribution in [1.29, 1.82) is 0 Å². The van der Waals surface area contributed by atoms with E-state index in [1.54, 1.807) is 30.3 Å². The summed E-state index contributed by atoms with van der Waals surface area (Å²) in [6.07, 6.45) is 0. The van der Waals surface area contributed by atoms with Crippen LogP contribution in [0.5, 0.6) is 11.5 Å². The second-order valence-electron chi connectivity index (χ2n) is 6.17. The van der Waals surface area contributed by atoms with Crippen molar-refractivity contribution in [2.75, 3.05) is 18.5 Å². The Morgan fingerprint density at radius 2 is 1.70 bits per heavy atom. The Balaban J connectivity index is 1.75. The smallest absolute Gasteiger partial charge is 0.265 e. The molecule has 3 aromatic rings. The van der Waals surface area contributed by atoms with Crippen LogP contribution >= 0.6 is 11.3 Å². The number of anilines is 1. The third-order valence-electron chi connectivity index (χ3n) is 4.23. The summed E-state index contributed by atoms with van der Waals surface area (Å²) in [7, 11) is 0. The zero-order chi connectivity index (χ0) is 18.8. The van der Waals surface area contributed by atoms with Crippen LogP contribution in [-0.2, 0) is 0 Å². The van der Waals surface area contributed by atoms with Gasteiger partial charge in [-0.1, -0.05) is 35.9 Å². The van der Waals surface area contributed by atoms with Crippen LogP contribution in [0, 0.1) is 6.92 Å². The number of fused-ring (bicyclic) bond motifs is 1. The molecular formula is C21H17NO4S. The predicted molar refractivity (Wildman–Crippen MR) is 104 cm³/mol. The average Bonchev–Trinajstić information content (AvgIpc) is 3.22. The highest BCUT2D eigenvalue weighted by Crippen LogP contribution is 2.37. The summed E-state index contributed by atoms with van der Waals surface area (Å²) in [5, 5.41) is 4.67. The molecule has 6 heteroatoms. The van der Waals surface area contributed by atoms with Crippen LogP contribution in [0.2, 0.25) is 0 Å². The van der Waals surface area contributed by atoms with Crippen LogP contribution in [-0.4, -0.2) is 24.9 Å². The Morgan fingerprint density at radius 3 is 2.37 bits per heavy atom. The maximum atomic E-state index is 13.1. The molecule has 2 aromatic carbocycles. The fraction of sp³-hybridized carbons (Fsp3) is 0.143. The van der Waals surface area contributed by atoms with Gasteiger partial charge in [-0.3, -0.25) is 9.59 Å². The summed E-state index contributed by atoms with van der Waals surface area (Å²) in [6, 6.07) is 14.2. The Morgan fingerprint density at radius 1 is 1.00 bits per heavy atom. The van der Waals surface area contributed by atoms with Crippen molar-refractivity contribution in [1.82, 2.24) is 0 Å². The minimum absolute atomic E-state index is 0.187. The van der Waals surface area contributed by atoms with Crippen molar-refractivity contribution in [3.63, 3.8) is 0 Å². The molecule has 1 N–H and O–H groups in total. The molecule has 0 bridgehead atoms. The molecular weight excluding hydrogens is 362 g/mol. The molecule has 2 heterocycles. The lowest BCUT2D eigenvalue weighted by molar-refractivity contribution is 0.103. The largest absolute Gasteiger partial charge is 0.486 e. The van der Waals surface area contributed by atoms with Gasteiger partial charge in [0.25, 0.3) is 5.91 Å². The quantitative estimate of drug-likeness (QED) is 0.686. The van der Waals surface area contributed by atoms with E-state index in [4.69, 9.17) is 9.47 Å². The number of ketones is 1. The molecule has 1 aromatic heterocycles. The highest BCUT2D eigenvalue weighted by atomic mass is 32.1. The Bertz CT molecular complexity index is 994. The van der Waals surface area contributed by atoms with E-state index >= 15 is 0 Å². The number of thiophene rings is 1. The molecule has 0 atom stereocenters. The molecule has 1 amide bonds. The third-order valence-corrected chi connectivity index (χ3v) is 5.10. The van der Waals surface area contributed by atoms with Gasteiger partial charge in [-0.05, 0) is 24.4 Å². The van der Waals surface area contributed by atoms with Crippen LogP contribution in [0.4, 0.5) is 5.69 Å². The number of carbonyl (C=O) groups excluding carboxylic acids is 2. The standard InChI is InChI=1S/C21H17NO4S/c1-13-4-6-14(7-5-13)20(23)15-11-17-18(26-9-8-25-17)12-16(15)22-21(24)19-3-2-10-27-19/h2-7,10-12H,8-9H2,1H3,(H,22,24). The van der Waals surface area contributed by atoms with Gasteiger partial charge in [-0.2, -0.15) is 0 Å². The van der Waals surface area contributed by atoms with Gasteiger partial charge in [0.05, 0.1) is 16.1 Å². The summed E-state index contributed by atoms with van der Waals surface area (Å²) in [6.45, 7) is 2.81. The van der Waals surface area contributed by atoms with Crippen molar-refractivity contribution in [3.05, 3.63) is 75.5 Å². The third kappa shape index (κ3) is 3.57. The topological polar surface area (TPSA) is 64.6 Å². The zero-order valence-corrected chi connectivity index (χ0v) is 15.5. The molecule has 0 aliphatic carbocycles. The van der Waals surface area contributed by atoms with Crippen molar-refractivity contribution in [2.45, 2.75) is 6.92 Å². The van der Waals surface area contributed by atoms with E-state index in [1.165, 1.54) is 11.3 Å². The molecule has 1 aliphatic heterocycles. The maximum absolute atomic E-state index is 13.1. The molecule has 5 nitrogen and oxygen atoms in total. The summed E-state index contributed by atoms with van der Waals surface area (Å²) in [4.78, 5) is 26.2. The monoisotopic (exact) mass is 379 g/mol. The summed E-state index contributed by atoms with van der Waals surface area (Å²) < 4.78 is 11.2. The van der Waals surface area contributed by atoms with E-state index in [1.807, 2.05) is 30.5 Å². The number of rotatable bonds is 4. The van der Waals surface area contributed by atoms with Crippen molar-refractivity contribution in [2.24, 2.45) is 0 Å². The van der Waals surface area contributed by atoms with Gasteiger partial charge in [-0.25, -0.2) is 0 Å². The second kappa shape index (κ2) is 7.25. The molecule has 27 heavy (non-hydrogen) atoms. The lowest BCUT2D eigenvalue weighted by Crippen LogP contribution is -2.18. The van der Waals surface area contributed by atoms with Gasteiger partial charge in [0.2, 0.25) is 0 Å². The number of ether oxygens (including phenoxy) is 2. The molecule has 0 unspecified atom stereocenters. The highest BCUT2D eigenvalue weighted by molar-refractivity contribution is 7.12. The number of amides is 1. The first kappa shape index (κ1) is 17.3. The molecule has 0 fully saturated rings. The number of benzene rings is 2. The molecule has 0 spiro atoms. The van der Waals surface area contributed by atoms with E-state index in [2.05, 4.69) is 5.32 Å². The van der Waals surface area contributed by atoms with Gasteiger partial charge >= 0.3 is 0 Å². The van der Waals surface area contributed by atoms with Gasteiger partial charge < -0.3 is 14.8 Å². The van der Waals surface area contributed by atoms with Crippen LogP contribution in [0.15, 0.2) is 53.9 Å². The van der Waals surface area contributed by atoms with Crippen LogP contribution in [0.1, 0.15) is 31.2 Å². The van der Waals surface area contributed by atoms with Crippen LogP contribution in [0.25, 0.3) is 0 Å². The minimum Gasteiger partial charge on any atom is -0.486 e. The highest BCUT2D eigenvalue weighted by Gasteiger charge is 2.22. The fourth-order valence-electron chi connectivity index (χ4n) is 2.83. The summed E-state index contributed by atoms with van der Waals surface area (Å²) >= 11 is 1.34. The predicted octanol–water partition coefficient (Wildman–Crippen LogP) is 4.31. The first-order valence-electron chi connectivity index (χ1n) is 8.52. The van der Waals surface area contributed by atoms with Crippen LogP contribution in [0.3, 0.4) is 0 Å².